The number of phosphoric acid groups is 1. The van der Waals surface area contributed by atoms with Gasteiger partial charge in [-0.15, -0.1) is 0 Å². The van der Waals surface area contributed by atoms with Crippen LogP contribution in [0.25, 0.3) is 0 Å². The summed E-state index contributed by atoms with van der Waals surface area (Å²) in [5, 5.41) is 21.1. The molecule has 2 aliphatic heterocycles. The standard InChI is InChI=1S/C51H82NO16P/c1-32(30-53)20-22-39-28-44(63-7)33(2)17-13-11-10-12-14-18-34(3)47(56)49(65-9)48(57)37(6)25-35(4)41(54)29-45(36(5)26-38-21-23-43(46(27-38)64-8)68-69(60,61)62)67-51(59)40-19-15-16-24-52(40)50(58)42(55)31-66-39/h10-13,17,25,32,34-36,38-40,43-46,48-49,53,57H,14-16,18-24,26-31H2,1-9H3,(H2,60,61,62)/b12-10+,13-11+,33-17?,37-25+/t32-,34-,35-,36-,38+,39+,40+,43?,44+,45+,46-,48-,49+/m1/s1. The van der Waals surface area contributed by atoms with Gasteiger partial charge >= 0.3 is 13.8 Å². The third-order valence-corrected chi connectivity index (χ3v) is 14.5. The van der Waals surface area contributed by atoms with Crippen molar-refractivity contribution in [3.05, 3.63) is 47.6 Å². The van der Waals surface area contributed by atoms with Crippen LogP contribution in [0, 0.1) is 29.6 Å². The molecule has 17 nitrogen and oxygen atoms in total. The Hall–Kier alpha value is -3.22. The molecule has 1 unspecified atom stereocenters. The molecule has 0 spiro atoms. The number of phosphoric ester groups is 1. The molecular formula is C51H82NO16P. The molecule has 69 heavy (non-hydrogen) atoms. The van der Waals surface area contributed by atoms with Crippen LogP contribution in [0.1, 0.15) is 125 Å². The predicted molar refractivity (Wildman–Crippen MR) is 259 cm³/mol. The van der Waals surface area contributed by atoms with Gasteiger partial charge in [-0.05, 0) is 113 Å². The van der Waals surface area contributed by atoms with Crippen molar-refractivity contribution >= 4 is 37.0 Å². The first-order valence-corrected chi connectivity index (χ1v) is 26.2. The maximum absolute atomic E-state index is 14.3. The first-order chi connectivity index (χ1) is 32.6. The van der Waals surface area contributed by atoms with Gasteiger partial charge in [-0.3, -0.25) is 23.7 Å². The number of hydrogen-bond donors (Lipinski definition) is 4. The molecule has 0 radical (unpaired) electrons. The normalized spacial score (nSPS) is 33.6. The summed E-state index contributed by atoms with van der Waals surface area (Å²) >= 11 is 0. The van der Waals surface area contributed by atoms with Gasteiger partial charge in [0.05, 0.1) is 24.4 Å². The van der Waals surface area contributed by atoms with Gasteiger partial charge in [-0.2, -0.15) is 0 Å². The molecule has 1 saturated heterocycles. The number of cyclic esters (lactones) is 1. The number of ketones is 3. The van der Waals surface area contributed by atoms with Crippen molar-refractivity contribution in [1.82, 2.24) is 4.90 Å². The van der Waals surface area contributed by atoms with E-state index >= 15 is 0 Å². The fourth-order valence-electron chi connectivity index (χ4n) is 9.51. The first kappa shape index (κ1) is 60.1. The van der Waals surface area contributed by atoms with Crippen molar-refractivity contribution in [2.75, 3.05) is 41.1 Å². The highest BCUT2D eigenvalue weighted by atomic mass is 31.2. The Bertz CT molecular complexity index is 1840. The number of fused-ring (bicyclic) bond motifs is 1. The molecule has 1 saturated carbocycles. The van der Waals surface area contributed by atoms with Crippen molar-refractivity contribution in [3.63, 3.8) is 0 Å². The Morgan fingerprint density at radius 3 is 2.26 bits per heavy atom. The number of methoxy groups -OCH3 is 3. The first-order valence-electron chi connectivity index (χ1n) is 24.7. The van der Waals surface area contributed by atoms with Gasteiger partial charge in [0, 0.05) is 59.2 Å². The Balaban J connectivity index is 2.00. The molecule has 0 bridgehead atoms. The van der Waals surface area contributed by atoms with Crippen LogP contribution in [0.15, 0.2) is 47.6 Å². The number of ether oxygens (including phenoxy) is 5. The molecule has 4 N–H and O–H groups in total. The van der Waals surface area contributed by atoms with E-state index < -0.39 is 98.6 Å². The number of aliphatic hydroxyl groups excluding tert-OH is 2. The highest BCUT2D eigenvalue weighted by Gasteiger charge is 2.41. The molecule has 3 rings (SSSR count). The minimum absolute atomic E-state index is 0.0242. The number of carbonyl (C=O) groups excluding carboxylic acids is 5. The second kappa shape index (κ2) is 30.0. The van der Waals surface area contributed by atoms with Crippen molar-refractivity contribution in [1.29, 1.82) is 0 Å². The summed E-state index contributed by atoms with van der Waals surface area (Å²) in [5.41, 5.74) is 1.25. The van der Waals surface area contributed by atoms with Crippen LogP contribution in [-0.4, -0.2) is 144 Å². The summed E-state index contributed by atoms with van der Waals surface area (Å²) < 4.78 is 46.0. The van der Waals surface area contributed by atoms with Crippen molar-refractivity contribution in [3.8, 4) is 0 Å². The van der Waals surface area contributed by atoms with E-state index in [-0.39, 0.29) is 49.4 Å². The number of nitrogens with zero attached hydrogens (tertiary/aromatic N) is 1. The van der Waals surface area contributed by atoms with E-state index in [2.05, 4.69) is 0 Å². The molecule has 18 heteroatoms. The van der Waals surface area contributed by atoms with Gasteiger partial charge in [-0.1, -0.05) is 64.2 Å². The summed E-state index contributed by atoms with van der Waals surface area (Å²) in [6, 6.07) is -1.11. The van der Waals surface area contributed by atoms with E-state index in [0.717, 1.165) is 5.57 Å². The van der Waals surface area contributed by atoms with Gasteiger partial charge in [0.1, 0.15) is 36.7 Å². The van der Waals surface area contributed by atoms with Crippen LogP contribution in [0.5, 0.6) is 0 Å². The monoisotopic (exact) mass is 996 g/mol. The van der Waals surface area contributed by atoms with Crippen LogP contribution in [0.4, 0.5) is 0 Å². The summed E-state index contributed by atoms with van der Waals surface area (Å²) in [6.45, 7) is 10.3. The number of Topliss-reactive ketones (excluding diaryl/α,β-unsaturated/α-hetero) is 3. The van der Waals surface area contributed by atoms with Gasteiger partial charge in [0.2, 0.25) is 5.78 Å². The van der Waals surface area contributed by atoms with Crippen molar-refractivity contribution < 1.29 is 76.7 Å². The maximum Gasteiger partial charge on any atom is 0.469 e. The van der Waals surface area contributed by atoms with Crippen LogP contribution in [0.2, 0.25) is 0 Å². The summed E-state index contributed by atoms with van der Waals surface area (Å²) in [4.78, 5) is 89.9. The lowest BCUT2D eigenvalue weighted by atomic mass is 9.78. The molecular weight excluding hydrogens is 914 g/mol. The zero-order valence-electron chi connectivity index (χ0n) is 42.4. The molecule has 3 aliphatic rings. The van der Waals surface area contributed by atoms with Gasteiger partial charge < -0.3 is 48.6 Å². The van der Waals surface area contributed by atoms with Crippen molar-refractivity contribution in [2.24, 2.45) is 29.6 Å². The molecule has 0 aromatic heterocycles. The molecule has 2 heterocycles. The average Bonchev–Trinajstić information content (AvgIpc) is 3.32. The number of esters is 1. The average molecular weight is 996 g/mol. The predicted octanol–water partition coefficient (Wildman–Crippen LogP) is 6.34. The van der Waals surface area contributed by atoms with Crippen molar-refractivity contribution in [2.45, 2.75) is 174 Å². The molecule has 1 aliphatic carbocycles. The van der Waals surface area contributed by atoms with E-state index in [1.54, 1.807) is 34.0 Å². The molecule has 392 valence electrons. The smallest absolute Gasteiger partial charge is 0.460 e. The van der Waals surface area contributed by atoms with E-state index in [4.69, 9.17) is 28.2 Å². The van der Waals surface area contributed by atoms with Crippen LogP contribution < -0.4 is 0 Å². The maximum atomic E-state index is 14.3. The summed E-state index contributed by atoms with van der Waals surface area (Å²) in [6.07, 6.45) is 10.5. The minimum Gasteiger partial charge on any atom is -0.460 e. The van der Waals surface area contributed by atoms with Crippen LogP contribution in [0.3, 0.4) is 0 Å². The quantitative estimate of drug-likeness (QED) is 0.0722. The third kappa shape index (κ3) is 19.7. The Labute approximate surface area is 409 Å². The summed E-state index contributed by atoms with van der Waals surface area (Å²) in [7, 11) is -0.404. The number of rotatable bonds is 12. The number of amides is 1. The Morgan fingerprint density at radius 1 is 0.884 bits per heavy atom. The molecule has 0 aromatic carbocycles. The lowest BCUT2D eigenvalue weighted by Gasteiger charge is -2.38. The fraction of sp³-hybridized carbons (Fsp3) is 0.745. The van der Waals surface area contributed by atoms with E-state index in [9.17, 15) is 48.5 Å². The topological polar surface area (TPSA) is 242 Å². The number of allylic oxidation sites excluding steroid dienone is 6. The molecule has 2 fully saturated rings. The van der Waals surface area contributed by atoms with Gasteiger partial charge in [-0.25, -0.2) is 9.36 Å². The lowest BCUT2D eigenvalue weighted by molar-refractivity contribution is -0.166. The van der Waals surface area contributed by atoms with E-state index in [1.165, 1.54) is 19.1 Å². The van der Waals surface area contributed by atoms with Gasteiger partial charge in [0.15, 0.2) is 5.78 Å². The van der Waals surface area contributed by atoms with E-state index in [1.807, 2.05) is 51.2 Å². The summed E-state index contributed by atoms with van der Waals surface area (Å²) in [5.74, 6) is -4.81. The highest BCUT2D eigenvalue weighted by Crippen LogP contribution is 2.43. The number of hydrogen-bond acceptors (Lipinski definition) is 14. The second-order valence-corrected chi connectivity index (χ2v) is 20.7. The third-order valence-electron chi connectivity index (χ3n) is 14.0. The SMILES string of the molecule is CO[C@H]1C[C@H](CC[C@@H](C)CO)OCC(=O)C(=O)N2CCCC[C@H]2C(=O)O[C@H]([C@H](C)C[C@@H]2CCC(OP(=O)(O)O)[C@H](OC)C2)CC(=O)[C@H](C)/C=C(\C)[C@@H](O)[C@@H](OC)C(=O)[C@H](C)CC/C=C/C=C/C=C1C. The Morgan fingerprint density at radius 2 is 1.61 bits per heavy atom. The zero-order chi connectivity index (χ0) is 51.4. The van der Waals surface area contributed by atoms with Gasteiger partial charge in [0.25, 0.3) is 5.91 Å². The van der Waals surface area contributed by atoms with Crippen LogP contribution in [-0.2, 0) is 56.7 Å². The number of aliphatic hydroxyl groups is 2. The highest BCUT2D eigenvalue weighted by molar-refractivity contribution is 7.46. The largest absolute Gasteiger partial charge is 0.469 e. The number of carbonyl (C=O) groups is 5. The Kier molecular flexibility index (Phi) is 26.1. The molecule has 0 aromatic rings. The minimum atomic E-state index is -4.78. The van der Waals surface area contributed by atoms with E-state index in [0.29, 0.717) is 76.2 Å². The lowest BCUT2D eigenvalue weighted by Crippen LogP contribution is -2.52. The zero-order valence-corrected chi connectivity index (χ0v) is 43.3. The fourth-order valence-corrected chi connectivity index (χ4v) is 10.1. The number of piperidine rings is 1. The molecule has 1 amide bonds. The van der Waals surface area contributed by atoms with Crippen LogP contribution >= 0.6 is 7.82 Å². The molecule has 13 atom stereocenters. The second-order valence-electron chi connectivity index (χ2n) is 19.5.